The zero-order chi connectivity index (χ0) is 16.6. The van der Waals surface area contributed by atoms with Crippen LogP contribution in [0.1, 0.15) is 0 Å². The van der Waals surface area contributed by atoms with Crippen LogP contribution in [0.4, 0.5) is 0 Å². The Bertz CT molecular complexity index is 924. The number of phenolic OH excluding ortho intramolecular Hbond substituents is 2. The van der Waals surface area contributed by atoms with Gasteiger partial charge in [-0.15, -0.1) is 0 Å². The van der Waals surface area contributed by atoms with Crippen LogP contribution in [0.2, 0.25) is 0 Å². The number of benzene rings is 2. The number of hydrogen-bond donors (Lipinski definition) is 2. The van der Waals surface area contributed by atoms with Crippen LogP contribution in [0.5, 0.6) is 23.0 Å². The van der Waals surface area contributed by atoms with Crippen LogP contribution >= 0.6 is 0 Å². The standard InChI is InChI=1S/C17H14O6/c1-21-14-8-12(20)16(22-2)17-15(14)11(19)7-13(23-17)9-3-5-10(18)6-4-9/h3-8,18,20H,1-2H3. The third kappa shape index (κ3) is 2.44. The monoisotopic (exact) mass is 314 g/mol. The first-order chi connectivity index (χ1) is 11.0. The van der Waals surface area contributed by atoms with Gasteiger partial charge in [-0.05, 0) is 24.3 Å². The fourth-order valence-corrected chi connectivity index (χ4v) is 2.39. The second-order valence-corrected chi connectivity index (χ2v) is 4.86. The molecule has 0 aliphatic heterocycles. The molecule has 0 saturated heterocycles. The van der Waals surface area contributed by atoms with Gasteiger partial charge in [0, 0.05) is 17.7 Å². The van der Waals surface area contributed by atoms with Gasteiger partial charge < -0.3 is 24.1 Å². The number of ether oxygens (including phenoxy) is 2. The highest BCUT2D eigenvalue weighted by molar-refractivity contribution is 5.91. The zero-order valence-electron chi connectivity index (χ0n) is 12.5. The topological polar surface area (TPSA) is 89.1 Å². The van der Waals surface area contributed by atoms with Gasteiger partial charge in [-0.3, -0.25) is 4.79 Å². The largest absolute Gasteiger partial charge is 0.508 e. The Morgan fingerprint density at radius 3 is 2.30 bits per heavy atom. The fourth-order valence-electron chi connectivity index (χ4n) is 2.39. The van der Waals surface area contributed by atoms with Gasteiger partial charge >= 0.3 is 0 Å². The molecule has 3 rings (SSSR count). The minimum absolute atomic E-state index is 0.0542. The SMILES string of the molecule is COc1c(O)cc(OC)c2c(=O)cc(-c3ccc(O)cc3)oc12. The van der Waals surface area contributed by atoms with Crippen molar-refractivity contribution in [2.75, 3.05) is 14.2 Å². The maximum atomic E-state index is 12.5. The van der Waals surface area contributed by atoms with E-state index in [9.17, 15) is 15.0 Å². The van der Waals surface area contributed by atoms with Gasteiger partial charge in [0.15, 0.2) is 16.8 Å². The van der Waals surface area contributed by atoms with E-state index in [0.717, 1.165) is 0 Å². The minimum atomic E-state index is -0.329. The summed E-state index contributed by atoms with van der Waals surface area (Å²) in [5.74, 6) is 0.452. The Kier molecular flexibility index (Phi) is 3.57. The van der Waals surface area contributed by atoms with Gasteiger partial charge in [-0.25, -0.2) is 0 Å². The molecule has 2 N–H and O–H groups in total. The van der Waals surface area contributed by atoms with Gasteiger partial charge in [0.25, 0.3) is 0 Å². The van der Waals surface area contributed by atoms with Crippen LogP contribution in [0.25, 0.3) is 22.3 Å². The van der Waals surface area contributed by atoms with E-state index in [0.29, 0.717) is 5.56 Å². The quantitative estimate of drug-likeness (QED) is 0.772. The Morgan fingerprint density at radius 1 is 1.00 bits per heavy atom. The van der Waals surface area contributed by atoms with Gasteiger partial charge in [0.1, 0.15) is 22.6 Å². The third-order valence-corrected chi connectivity index (χ3v) is 3.48. The highest BCUT2D eigenvalue weighted by Gasteiger charge is 2.19. The number of phenols is 2. The first-order valence-electron chi connectivity index (χ1n) is 6.76. The third-order valence-electron chi connectivity index (χ3n) is 3.48. The van der Waals surface area contributed by atoms with E-state index in [2.05, 4.69) is 0 Å². The van der Waals surface area contributed by atoms with E-state index in [-0.39, 0.29) is 45.2 Å². The summed E-state index contributed by atoms with van der Waals surface area (Å²) in [4.78, 5) is 12.5. The average molecular weight is 314 g/mol. The first kappa shape index (κ1) is 14.8. The second kappa shape index (κ2) is 5.57. The Balaban J connectivity index is 2.36. The van der Waals surface area contributed by atoms with E-state index in [1.807, 2.05) is 0 Å². The molecular weight excluding hydrogens is 300 g/mol. The van der Waals surface area contributed by atoms with Gasteiger partial charge in [0.2, 0.25) is 5.75 Å². The molecule has 0 aliphatic rings. The van der Waals surface area contributed by atoms with Crippen molar-refractivity contribution >= 4 is 11.0 Å². The number of hydrogen-bond acceptors (Lipinski definition) is 6. The number of methoxy groups -OCH3 is 2. The molecule has 6 heteroatoms. The Morgan fingerprint density at radius 2 is 1.70 bits per heavy atom. The molecule has 0 aliphatic carbocycles. The van der Waals surface area contributed by atoms with Crippen LogP contribution < -0.4 is 14.9 Å². The summed E-state index contributed by atoms with van der Waals surface area (Å²) in [5, 5.41) is 19.5. The van der Waals surface area contributed by atoms with E-state index in [4.69, 9.17) is 13.9 Å². The molecule has 3 aromatic rings. The summed E-state index contributed by atoms with van der Waals surface area (Å²) in [6, 6.07) is 8.84. The molecule has 1 heterocycles. The zero-order valence-corrected chi connectivity index (χ0v) is 12.5. The second-order valence-electron chi connectivity index (χ2n) is 4.86. The highest BCUT2D eigenvalue weighted by Crippen LogP contribution is 2.40. The van der Waals surface area contributed by atoms with Crippen molar-refractivity contribution in [3.63, 3.8) is 0 Å². The van der Waals surface area contributed by atoms with Gasteiger partial charge in [-0.2, -0.15) is 0 Å². The summed E-state index contributed by atoms with van der Waals surface area (Å²) in [5.41, 5.74) is 0.371. The molecule has 0 radical (unpaired) electrons. The van der Waals surface area contributed by atoms with Crippen molar-refractivity contribution in [1.82, 2.24) is 0 Å². The molecule has 0 spiro atoms. The first-order valence-corrected chi connectivity index (χ1v) is 6.76. The smallest absolute Gasteiger partial charge is 0.204 e. The summed E-state index contributed by atoms with van der Waals surface area (Å²) < 4.78 is 16.1. The average Bonchev–Trinajstić information content (AvgIpc) is 2.54. The van der Waals surface area contributed by atoms with Crippen molar-refractivity contribution in [1.29, 1.82) is 0 Å². The van der Waals surface area contributed by atoms with E-state index in [1.165, 1.54) is 38.5 Å². The highest BCUT2D eigenvalue weighted by atomic mass is 16.5. The summed E-state index contributed by atoms with van der Waals surface area (Å²) in [7, 11) is 2.77. The number of aromatic hydroxyl groups is 2. The molecule has 0 unspecified atom stereocenters. The number of fused-ring (bicyclic) bond motifs is 1. The molecule has 0 fully saturated rings. The molecule has 0 atom stereocenters. The maximum Gasteiger partial charge on any atom is 0.204 e. The minimum Gasteiger partial charge on any atom is -0.508 e. The fraction of sp³-hybridized carbons (Fsp3) is 0.118. The summed E-state index contributed by atoms with van der Waals surface area (Å²) in [6.45, 7) is 0. The van der Waals surface area contributed by atoms with Crippen molar-refractivity contribution in [3.8, 4) is 34.3 Å². The lowest BCUT2D eigenvalue weighted by Crippen LogP contribution is -2.04. The van der Waals surface area contributed by atoms with Crippen molar-refractivity contribution in [3.05, 3.63) is 46.6 Å². The maximum absolute atomic E-state index is 12.5. The van der Waals surface area contributed by atoms with Crippen LogP contribution in [0.15, 0.2) is 45.6 Å². The molecule has 0 saturated carbocycles. The molecule has 118 valence electrons. The Labute approximate surface area is 131 Å². The lowest BCUT2D eigenvalue weighted by atomic mass is 10.1. The Hall–Kier alpha value is -3.15. The predicted molar refractivity (Wildman–Crippen MR) is 84.4 cm³/mol. The lowest BCUT2D eigenvalue weighted by Gasteiger charge is -2.11. The van der Waals surface area contributed by atoms with E-state index < -0.39 is 0 Å². The van der Waals surface area contributed by atoms with Crippen LogP contribution in [-0.4, -0.2) is 24.4 Å². The molecular formula is C17H14O6. The number of rotatable bonds is 3. The van der Waals surface area contributed by atoms with E-state index in [1.54, 1.807) is 12.1 Å². The molecule has 1 aromatic heterocycles. The molecule has 23 heavy (non-hydrogen) atoms. The molecule has 0 bridgehead atoms. The van der Waals surface area contributed by atoms with Crippen molar-refractivity contribution < 1.29 is 24.1 Å². The van der Waals surface area contributed by atoms with Gasteiger partial charge in [0.05, 0.1) is 14.2 Å². The van der Waals surface area contributed by atoms with Crippen LogP contribution in [0.3, 0.4) is 0 Å². The van der Waals surface area contributed by atoms with Gasteiger partial charge in [-0.1, -0.05) is 0 Å². The molecule has 0 amide bonds. The normalized spacial score (nSPS) is 10.7. The summed E-state index contributed by atoms with van der Waals surface area (Å²) >= 11 is 0. The van der Waals surface area contributed by atoms with E-state index >= 15 is 0 Å². The molecule has 6 nitrogen and oxygen atoms in total. The lowest BCUT2D eigenvalue weighted by molar-refractivity contribution is 0.364. The van der Waals surface area contributed by atoms with Crippen LogP contribution in [-0.2, 0) is 0 Å². The summed E-state index contributed by atoms with van der Waals surface area (Å²) in [6.07, 6.45) is 0. The van der Waals surface area contributed by atoms with Crippen LogP contribution in [0, 0.1) is 0 Å². The molecule has 2 aromatic carbocycles. The van der Waals surface area contributed by atoms with Crippen molar-refractivity contribution in [2.24, 2.45) is 0 Å². The predicted octanol–water partition coefficient (Wildman–Crippen LogP) is 2.89. The van der Waals surface area contributed by atoms with Crippen molar-refractivity contribution in [2.45, 2.75) is 0 Å².